The van der Waals surface area contributed by atoms with Crippen molar-refractivity contribution in [2.75, 3.05) is 26.2 Å². The van der Waals surface area contributed by atoms with Crippen molar-refractivity contribution in [3.8, 4) is 0 Å². The number of hydrogen-bond acceptors (Lipinski definition) is 2. The van der Waals surface area contributed by atoms with Gasteiger partial charge in [-0.3, -0.25) is 4.79 Å². The molecule has 0 aromatic rings. The second kappa shape index (κ2) is 4.82. The van der Waals surface area contributed by atoms with E-state index in [1.807, 2.05) is 4.90 Å². The second-order valence-electron chi connectivity index (χ2n) is 3.78. The molecule has 1 aliphatic heterocycles. The Morgan fingerprint density at radius 3 is 2.67 bits per heavy atom. The van der Waals surface area contributed by atoms with Crippen LogP contribution < -0.4 is 0 Å². The van der Waals surface area contributed by atoms with Crippen molar-refractivity contribution in [3.63, 3.8) is 0 Å². The quantitative estimate of drug-likeness (QED) is 0.630. The third-order valence-corrected chi connectivity index (χ3v) is 2.81. The van der Waals surface area contributed by atoms with Crippen molar-refractivity contribution >= 4 is 6.41 Å². The van der Waals surface area contributed by atoms with Crippen molar-refractivity contribution in [1.29, 1.82) is 0 Å². The van der Waals surface area contributed by atoms with E-state index in [0.717, 1.165) is 39.0 Å². The summed E-state index contributed by atoms with van der Waals surface area (Å²) < 4.78 is 0. The van der Waals surface area contributed by atoms with Gasteiger partial charge in [-0.2, -0.15) is 0 Å². The summed E-state index contributed by atoms with van der Waals surface area (Å²) in [5.74, 6) is 0. The van der Waals surface area contributed by atoms with E-state index >= 15 is 0 Å². The lowest BCUT2D eigenvalue weighted by atomic mass is 10.2. The first kappa shape index (κ1) is 10.0. The summed E-state index contributed by atoms with van der Waals surface area (Å²) in [6, 6.07) is 0. The van der Waals surface area contributed by atoms with Gasteiger partial charge in [0.1, 0.15) is 0 Å². The molecule has 1 heterocycles. The number of piperazine rings is 1. The highest BCUT2D eigenvalue weighted by Gasteiger charge is 2.15. The molecule has 0 bridgehead atoms. The van der Waals surface area contributed by atoms with Crippen LogP contribution in [-0.4, -0.2) is 42.4 Å². The van der Waals surface area contributed by atoms with Crippen molar-refractivity contribution in [1.82, 2.24) is 9.80 Å². The maximum Gasteiger partial charge on any atom is 0.209 e. The monoisotopic (exact) mass is 204 g/mol. The summed E-state index contributed by atoms with van der Waals surface area (Å²) in [6.45, 7) is 3.55. The summed E-state index contributed by atoms with van der Waals surface area (Å²) >= 11 is 0. The number of nitrogens with zero attached hydrogens (tertiary/aromatic N) is 2. The molecule has 1 amide bonds. The summed E-state index contributed by atoms with van der Waals surface area (Å²) in [4.78, 5) is 14.7. The van der Waals surface area contributed by atoms with Crippen LogP contribution >= 0.6 is 0 Å². The molecule has 2 aliphatic rings. The highest BCUT2D eigenvalue weighted by atomic mass is 16.1. The lowest BCUT2D eigenvalue weighted by molar-refractivity contribution is -0.119. The normalized spacial score (nSPS) is 21.2. The number of carbonyl (C=O) groups is 1. The number of allylic oxidation sites excluding steroid dienone is 5. The molecule has 80 valence electrons. The summed E-state index contributed by atoms with van der Waals surface area (Å²) in [5, 5.41) is 0. The van der Waals surface area contributed by atoms with E-state index in [0.29, 0.717) is 0 Å². The first-order valence-corrected chi connectivity index (χ1v) is 5.38. The van der Waals surface area contributed by atoms with Crippen LogP contribution in [0.2, 0.25) is 0 Å². The Balaban J connectivity index is 1.95. The Morgan fingerprint density at radius 2 is 1.93 bits per heavy atom. The lowest BCUT2D eigenvalue weighted by Crippen LogP contribution is -2.44. The van der Waals surface area contributed by atoms with E-state index < -0.39 is 0 Å². The average molecular weight is 204 g/mol. The maximum atomic E-state index is 10.6. The molecule has 1 fully saturated rings. The van der Waals surface area contributed by atoms with Crippen molar-refractivity contribution in [3.05, 3.63) is 36.1 Å². The number of carbonyl (C=O) groups excluding carboxylic acids is 1. The Hall–Kier alpha value is -1.51. The fourth-order valence-corrected chi connectivity index (χ4v) is 1.89. The zero-order valence-corrected chi connectivity index (χ0v) is 8.80. The number of amides is 1. The van der Waals surface area contributed by atoms with Crippen molar-refractivity contribution in [2.45, 2.75) is 6.42 Å². The minimum Gasteiger partial charge on any atom is -0.368 e. The van der Waals surface area contributed by atoms with E-state index in [1.165, 1.54) is 5.70 Å². The molecule has 0 unspecified atom stereocenters. The SMILES string of the molecule is O=CN1CCN(C2=CCC=CC=C2)CC1. The first-order chi connectivity index (χ1) is 7.40. The molecule has 0 saturated carbocycles. The molecule has 0 radical (unpaired) electrons. The summed E-state index contributed by atoms with van der Waals surface area (Å²) in [7, 11) is 0. The maximum absolute atomic E-state index is 10.6. The van der Waals surface area contributed by atoms with Gasteiger partial charge < -0.3 is 9.80 Å². The fourth-order valence-electron chi connectivity index (χ4n) is 1.89. The van der Waals surface area contributed by atoms with Gasteiger partial charge in [0, 0.05) is 31.9 Å². The van der Waals surface area contributed by atoms with E-state index in [-0.39, 0.29) is 0 Å². The van der Waals surface area contributed by atoms with E-state index in [4.69, 9.17) is 0 Å². The zero-order chi connectivity index (χ0) is 10.5. The standard InChI is InChI=1S/C12H16N2O/c15-11-13-7-9-14(10-8-13)12-5-3-1-2-4-6-12/h1-3,5-6,11H,4,7-10H2. The Labute approximate surface area is 90.4 Å². The first-order valence-electron chi connectivity index (χ1n) is 5.38. The average Bonchev–Trinajstić information content (AvgIpc) is 2.58. The van der Waals surface area contributed by atoms with Crippen molar-refractivity contribution < 1.29 is 4.79 Å². The van der Waals surface area contributed by atoms with Crippen LogP contribution in [0.3, 0.4) is 0 Å². The lowest BCUT2D eigenvalue weighted by Gasteiger charge is -2.34. The molecule has 0 aromatic carbocycles. The largest absolute Gasteiger partial charge is 0.368 e. The van der Waals surface area contributed by atoms with E-state index in [1.54, 1.807) is 0 Å². The fraction of sp³-hybridized carbons (Fsp3) is 0.417. The van der Waals surface area contributed by atoms with Gasteiger partial charge in [-0.15, -0.1) is 0 Å². The molecular formula is C12H16N2O. The second-order valence-corrected chi connectivity index (χ2v) is 3.78. The van der Waals surface area contributed by atoms with Gasteiger partial charge in [-0.05, 0) is 12.5 Å². The van der Waals surface area contributed by atoms with Gasteiger partial charge in [0.2, 0.25) is 6.41 Å². The molecule has 1 saturated heterocycles. The predicted octanol–water partition coefficient (Wildman–Crippen LogP) is 1.16. The van der Waals surface area contributed by atoms with Crippen LogP contribution in [0.1, 0.15) is 6.42 Å². The Bertz CT molecular complexity index is 310. The van der Waals surface area contributed by atoms with Gasteiger partial charge >= 0.3 is 0 Å². The smallest absolute Gasteiger partial charge is 0.209 e. The molecule has 2 rings (SSSR count). The molecule has 3 heteroatoms. The molecule has 3 nitrogen and oxygen atoms in total. The van der Waals surface area contributed by atoms with Gasteiger partial charge in [0.05, 0.1) is 0 Å². The van der Waals surface area contributed by atoms with Crippen LogP contribution in [0.5, 0.6) is 0 Å². The van der Waals surface area contributed by atoms with Gasteiger partial charge in [0.15, 0.2) is 0 Å². The number of hydrogen-bond donors (Lipinski definition) is 0. The molecule has 0 spiro atoms. The van der Waals surface area contributed by atoms with Crippen LogP contribution in [0.15, 0.2) is 36.1 Å². The van der Waals surface area contributed by atoms with Crippen LogP contribution in [-0.2, 0) is 4.79 Å². The van der Waals surface area contributed by atoms with E-state index in [2.05, 4.69) is 35.3 Å². The highest BCUT2D eigenvalue weighted by molar-refractivity contribution is 5.47. The molecular weight excluding hydrogens is 188 g/mol. The van der Waals surface area contributed by atoms with Gasteiger partial charge in [0.25, 0.3) is 0 Å². The predicted molar refractivity (Wildman–Crippen MR) is 60.2 cm³/mol. The van der Waals surface area contributed by atoms with Crippen LogP contribution in [0, 0.1) is 0 Å². The molecule has 1 aliphatic carbocycles. The van der Waals surface area contributed by atoms with Crippen molar-refractivity contribution in [2.24, 2.45) is 0 Å². The summed E-state index contributed by atoms with van der Waals surface area (Å²) in [5.41, 5.74) is 1.28. The number of rotatable bonds is 2. The van der Waals surface area contributed by atoms with E-state index in [9.17, 15) is 4.79 Å². The molecule has 0 N–H and O–H groups in total. The summed E-state index contributed by atoms with van der Waals surface area (Å²) in [6.07, 6.45) is 12.6. The highest BCUT2D eigenvalue weighted by Crippen LogP contribution is 2.13. The van der Waals surface area contributed by atoms with Crippen LogP contribution in [0.4, 0.5) is 0 Å². The molecule has 15 heavy (non-hydrogen) atoms. The van der Waals surface area contributed by atoms with Crippen LogP contribution in [0.25, 0.3) is 0 Å². The third kappa shape index (κ3) is 2.49. The molecule has 0 aromatic heterocycles. The Kier molecular flexibility index (Phi) is 3.22. The topological polar surface area (TPSA) is 23.6 Å². The zero-order valence-electron chi connectivity index (χ0n) is 8.80. The minimum absolute atomic E-state index is 0.835. The third-order valence-electron chi connectivity index (χ3n) is 2.81. The molecule has 0 atom stereocenters. The van der Waals surface area contributed by atoms with Gasteiger partial charge in [-0.1, -0.05) is 24.3 Å². The minimum atomic E-state index is 0.835. The van der Waals surface area contributed by atoms with Gasteiger partial charge in [-0.25, -0.2) is 0 Å². The Morgan fingerprint density at radius 1 is 1.13 bits per heavy atom.